The first-order chi connectivity index (χ1) is 19.7. The molecule has 1 aliphatic carbocycles. The van der Waals surface area contributed by atoms with Crippen molar-refractivity contribution < 1.29 is 14.0 Å². The summed E-state index contributed by atoms with van der Waals surface area (Å²) in [5, 5.41) is 16.3. The molecule has 1 aromatic heterocycles. The molecule has 0 saturated heterocycles. The van der Waals surface area contributed by atoms with Crippen LogP contribution >= 0.6 is 11.6 Å². The monoisotopic (exact) mass is 579 g/mol. The predicted molar refractivity (Wildman–Crippen MR) is 154 cm³/mol. The molecule has 2 aliphatic rings. The molecule has 2 aromatic carbocycles. The highest BCUT2D eigenvalue weighted by atomic mass is 35.5. The normalized spacial score (nSPS) is 21.4. The zero-order chi connectivity index (χ0) is 29.1. The van der Waals surface area contributed by atoms with Gasteiger partial charge in [0.05, 0.1) is 17.6 Å². The number of rotatable bonds is 9. The summed E-state index contributed by atoms with van der Waals surface area (Å²) in [4.78, 5) is 34.0. The Hall–Kier alpha value is -3.66. The summed E-state index contributed by atoms with van der Waals surface area (Å²) in [7, 11) is 0. The van der Waals surface area contributed by atoms with Crippen molar-refractivity contribution in [2.75, 3.05) is 0 Å². The number of halogens is 2. The zero-order valence-corrected chi connectivity index (χ0v) is 24.3. The Kier molecular flexibility index (Phi) is 8.49. The molecule has 1 spiro atoms. The van der Waals surface area contributed by atoms with Gasteiger partial charge in [-0.15, -0.1) is 10.2 Å². The number of aromatic amines is 1. The van der Waals surface area contributed by atoms with E-state index in [1.807, 2.05) is 17.0 Å². The highest BCUT2D eigenvalue weighted by Gasteiger charge is 2.52. The van der Waals surface area contributed by atoms with E-state index in [-0.39, 0.29) is 35.1 Å². The SMILES string of the molecule is CCCC(c1ccc(C(=O)NCc2nn[nH]n2)cc1)N1C(=O)C(c2ccc(Cl)c(F)c2)=NC12CCC(C(C)C)CC2. The lowest BCUT2D eigenvalue weighted by atomic mass is 9.76. The summed E-state index contributed by atoms with van der Waals surface area (Å²) in [5.41, 5.74) is 1.43. The van der Waals surface area contributed by atoms with Gasteiger partial charge in [0.25, 0.3) is 11.8 Å². The lowest BCUT2D eigenvalue weighted by Gasteiger charge is -2.46. The number of hydrogen-bond donors (Lipinski definition) is 2. The molecule has 3 aromatic rings. The Morgan fingerprint density at radius 1 is 1.20 bits per heavy atom. The molecular weight excluding hydrogens is 545 g/mol. The van der Waals surface area contributed by atoms with E-state index in [4.69, 9.17) is 16.6 Å². The lowest BCUT2D eigenvalue weighted by Crippen LogP contribution is -2.51. The lowest BCUT2D eigenvalue weighted by molar-refractivity contribution is -0.133. The average Bonchev–Trinajstić information content (AvgIpc) is 3.59. The molecule has 1 unspecified atom stereocenters. The van der Waals surface area contributed by atoms with Crippen LogP contribution in [-0.4, -0.2) is 48.7 Å². The minimum atomic E-state index is -0.700. The van der Waals surface area contributed by atoms with Gasteiger partial charge in [-0.2, -0.15) is 5.21 Å². The van der Waals surface area contributed by atoms with E-state index in [1.165, 1.54) is 12.1 Å². The first-order valence-corrected chi connectivity index (χ1v) is 14.6. The van der Waals surface area contributed by atoms with E-state index < -0.39 is 11.5 Å². The van der Waals surface area contributed by atoms with Crippen LogP contribution in [0.25, 0.3) is 0 Å². The summed E-state index contributed by atoms with van der Waals surface area (Å²) >= 11 is 5.94. The molecule has 11 heteroatoms. The van der Waals surface area contributed by atoms with Gasteiger partial charge in [0.15, 0.2) is 5.82 Å². The van der Waals surface area contributed by atoms with Crippen LogP contribution in [0.3, 0.4) is 0 Å². The van der Waals surface area contributed by atoms with Crippen LogP contribution in [-0.2, 0) is 11.3 Å². The van der Waals surface area contributed by atoms with Crippen molar-refractivity contribution in [2.45, 2.75) is 77.5 Å². The molecule has 2 N–H and O–H groups in total. The van der Waals surface area contributed by atoms with Crippen molar-refractivity contribution in [3.63, 3.8) is 0 Å². The van der Waals surface area contributed by atoms with Gasteiger partial charge in [0.2, 0.25) is 0 Å². The minimum absolute atomic E-state index is 0.00841. The first-order valence-electron chi connectivity index (χ1n) is 14.2. The molecule has 1 fully saturated rings. The number of carbonyl (C=O) groups excluding carboxylic acids is 2. The third-order valence-electron chi connectivity index (χ3n) is 8.38. The number of nitrogens with one attached hydrogen (secondary N) is 2. The fourth-order valence-electron chi connectivity index (χ4n) is 6.09. The standard InChI is InChI=1S/C30H35ClFN7O2/c1-4-5-25(20-6-8-21(9-7-20)28(40)33-17-26-35-37-38-36-26)39-29(41)27(22-10-11-23(31)24(32)16-22)34-30(39)14-12-19(13-15-30)18(2)3/h6-11,16,18-19,25H,4-5,12-15,17H2,1-3H3,(H,33,40)(H,35,36,37,38). The third kappa shape index (κ3) is 5.88. The van der Waals surface area contributed by atoms with Gasteiger partial charge >= 0.3 is 0 Å². The highest BCUT2D eigenvalue weighted by molar-refractivity contribution is 6.47. The molecule has 41 heavy (non-hydrogen) atoms. The van der Waals surface area contributed by atoms with Crippen molar-refractivity contribution in [3.8, 4) is 0 Å². The molecular formula is C30H35ClFN7O2. The van der Waals surface area contributed by atoms with E-state index in [0.29, 0.717) is 28.8 Å². The summed E-state index contributed by atoms with van der Waals surface area (Å²) in [6.45, 7) is 6.73. The van der Waals surface area contributed by atoms with Crippen molar-refractivity contribution in [3.05, 3.63) is 75.8 Å². The van der Waals surface area contributed by atoms with Crippen LogP contribution in [0.2, 0.25) is 5.02 Å². The Morgan fingerprint density at radius 2 is 1.93 bits per heavy atom. The Bertz CT molecular complexity index is 1420. The van der Waals surface area contributed by atoms with Gasteiger partial charge in [0, 0.05) is 11.1 Å². The Labute approximate surface area is 244 Å². The topological polar surface area (TPSA) is 116 Å². The molecule has 216 valence electrons. The van der Waals surface area contributed by atoms with E-state index >= 15 is 0 Å². The molecule has 2 heterocycles. The maximum atomic E-state index is 14.5. The zero-order valence-electron chi connectivity index (χ0n) is 23.5. The number of tetrazole rings is 1. The molecule has 1 aliphatic heterocycles. The molecule has 5 rings (SSSR count). The second kappa shape index (κ2) is 12.1. The first kappa shape index (κ1) is 28.9. The van der Waals surface area contributed by atoms with Crippen LogP contribution in [0.15, 0.2) is 47.5 Å². The summed E-state index contributed by atoms with van der Waals surface area (Å²) < 4.78 is 14.5. The molecule has 0 bridgehead atoms. The van der Waals surface area contributed by atoms with E-state index in [1.54, 1.807) is 18.2 Å². The summed E-state index contributed by atoms with van der Waals surface area (Å²) in [6, 6.07) is 11.5. The highest BCUT2D eigenvalue weighted by Crippen LogP contribution is 2.48. The summed E-state index contributed by atoms with van der Waals surface area (Å²) in [6.07, 6.45) is 4.99. The van der Waals surface area contributed by atoms with Gasteiger partial charge in [-0.25, -0.2) is 4.39 Å². The Morgan fingerprint density at radius 3 is 2.54 bits per heavy atom. The fraction of sp³-hybridized carbons (Fsp3) is 0.467. The number of aromatic nitrogens is 4. The molecule has 1 saturated carbocycles. The van der Waals surface area contributed by atoms with Gasteiger partial charge in [0.1, 0.15) is 17.2 Å². The van der Waals surface area contributed by atoms with Crippen LogP contribution in [0, 0.1) is 17.7 Å². The minimum Gasteiger partial charge on any atom is -0.345 e. The number of amides is 2. The van der Waals surface area contributed by atoms with Gasteiger partial charge in [-0.05, 0) is 73.8 Å². The second-order valence-electron chi connectivity index (χ2n) is 11.3. The summed E-state index contributed by atoms with van der Waals surface area (Å²) in [5.74, 6) is 0.476. The number of hydrogen-bond acceptors (Lipinski definition) is 6. The van der Waals surface area contributed by atoms with E-state index in [2.05, 4.69) is 46.7 Å². The maximum Gasteiger partial charge on any atom is 0.275 e. The molecule has 9 nitrogen and oxygen atoms in total. The molecule has 0 radical (unpaired) electrons. The van der Waals surface area contributed by atoms with Crippen LogP contribution in [0.4, 0.5) is 4.39 Å². The largest absolute Gasteiger partial charge is 0.345 e. The van der Waals surface area contributed by atoms with Crippen LogP contribution in [0.5, 0.6) is 0 Å². The quantitative estimate of drug-likeness (QED) is 0.340. The number of aliphatic imine (C=N–C) groups is 1. The van der Waals surface area contributed by atoms with Crippen LogP contribution < -0.4 is 5.32 Å². The van der Waals surface area contributed by atoms with Gasteiger partial charge < -0.3 is 10.2 Å². The van der Waals surface area contributed by atoms with E-state index in [0.717, 1.165) is 44.1 Å². The van der Waals surface area contributed by atoms with Gasteiger partial charge in [-0.1, -0.05) is 62.2 Å². The second-order valence-corrected chi connectivity index (χ2v) is 11.7. The van der Waals surface area contributed by atoms with Crippen molar-refractivity contribution in [2.24, 2.45) is 16.8 Å². The van der Waals surface area contributed by atoms with Crippen molar-refractivity contribution in [1.82, 2.24) is 30.8 Å². The number of nitrogens with zero attached hydrogens (tertiary/aromatic N) is 5. The van der Waals surface area contributed by atoms with Crippen molar-refractivity contribution in [1.29, 1.82) is 0 Å². The predicted octanol–water partition coefficient (Wildman–Crippen LogP) is 5.64. The Balaban J connectivity index is 1.45. The molecule has 2 amide bonds. The number of benzene rings is 2. The molecule has 1 atom stereocenters. The third-order valence-corrected chi connectivity index (χ3v) is 8.69. The fourth-order valence-corrected chi connectivity index (χ4v) is 6.21. The maximum absolute atomic E-state index is 14.5. The van der Waals surface area contributed by atoms with Crippen molar-refractivity contribution >= 4 is 29.1 Å². The van der Waals surface area contributed by atoms with Gasteiger partial charge in [-0.3, -0.25) is 14.6 Å². The number of carbonyl (C=O) groups is 2. The smallest absolute Gasteiger partial charge is 0.275 e. The number of H-pyrrole nitrogens is 1. The van der Waals surface area contributed by atoms with E-state index in [9.17, 15) is 14.0 Å². The van der Waals surface area contributed by atoms with Crippen LogP contribution in [0.1, 0.15) is 92.6 Å². The average molecular weight is 580 g/mol.